The van der Waals surface area contributed by atoms with Crippen LogP contribution in [0.15, 0.2) is 24.3 Å². The lowest BCUT2D eigenvalue weighted by molar-refractivity contribution is -0.141. The minimum Gasteiger partial charge on any atom is -0.351 e. The first-order chi connectivity index (χ1) is 12.2. The van der Waals surface area contributed by atoms with E-state index < -0.39 is 11.9 Å². The Morgan fingerprint density at radius 2 is 1.96 bits per heavy atom. The van der Waals surface area contributed by atoms with Gasteiger partial charge in [0.15, 0.2) is 0 Å². The summed E-state index contributed by atoms with van der Waals surface area (Å²) in [5, 5.41) is 3.26. The summed E-state index contributed by atoms with van der Waals surface area (Å²) in [5.41, 5.74) is 5.67. The van der Waals surface area contributed by atoms with E-state index in [0.717, 1.165) is 0 Å². The number of aromatic nitrogens is 1. The van der Waals surface area contributed by atoms with Crippen molar-refractivity contribution in [2.24, 2.45) is 5.73 Å². The Morgan fingerprint density at radius 1 is 1.31 bits per heavy atom. The fourth-order valence-electron chi connectivity index (χ4n) is 3.33. The zero-order valence-corrected chi connectivity index (χ0v) is 14.6. The van der Waals surface area contributed by atoms with Gasteiger partial charge in [0.2, 0.25) is 0 Å². The summed E-state index contributed by atoms with van der Waals surface area (Å²) in [6.45, 7) is 3.21. The van der Waals surface area contributed by atoms with Crippen LogP contribution in [0.5, 0.6) is 0 Å². The molecule has 2 heterocycles. The molecule has 1 aliphatic rings. The molecule has 5 nitrogen and oxygen atoms in total. The van der Waals surface area contributed by atoms with Crippen LogP contribution in [0.25, 0.3) is 10.9 Å². The van der Waals surface area contributed by atoms with E-state index in [1.807, 2.05) is 6.92 Å². The monoisotopic (exact) mass is 368 g/mol. The number of carbonyl (C=O) groups is 1. The van der Waals surface area contributed by atoms with Crippen molar-refractivity contribution in [3.63, 3.8) is 0 Å². The summed E-state index contributed by atoms with van der Waals surface area (Å²) in [4.78, 5) is 16.3. The van der Waals surface area contributed by atoms with E-state index in [0.29, 0.717) is 36.8 Å². The summed E-state index contributed by atoms with van der Waals surface area (Å²) < 4.78 is 39.9. The number of hydrogen-bond donors (Lipinski definition) is 3. The highest BCUT2D eigenvalue weighted by Gasteiger charge is 2.36. The number of carbonyl (C=O) groups excluding carboxylic acids is 1. The third-order valence-corrected chi connectivity index (χ3v) is 4.94. The molecule has 1 aliphatic heterocycles. The zero-order chi connectivity index (χ0) is 18.9. The van der Waals surface area contributed by atoms with Gasteiger partial charge in [0.1, 0.15) is 5.69 Å². The number of benzene rings is 1. The number of fused-ring (bicyclic) bond motifs is 1. The molecule has 1 saturated heterocycles. The molecule has 1 aromatic carbocycles. The number of H-pyrrole nitrogens is 1. The highest BCUT2D eigenvalue weighted by atomic mass is 19.4. The summed E-state index contributed by atoms with van der Waals surface area (Å²) in [6, 6.07) is 6.41. The van der Waals surface area contributed by atoms with Crippen LogP contribution in [-0.4, -0.2) is 41.1 Å². The molecule has 0 saturated carbocycles. The average Bonchev–Trinajstić information content (AvgIpc) is 2.94. The molecule has 1 aromatic heterocycles. The van der Waals surface area contributed by atoms with Crippen molar-refractivity contribution in [3.8, 4) is 0 Å². The second-order valence-electron chi connectivity index (χ2n) is 7.14. The number of likely N-dealkylation sites (tertiary alicyclic amines) is 1. The second kappa shape index (κ2) is 6.83. The summed E-state index contributed by atoms with van der Waals surface area (Å²) in [7, 11) is 0. The molecule has 1 fully saturated rings. The van der Waals surface area contributed by atoms with E-state index in [-0.39, 0.29) is 30.1 Å². The number of amides is 2. The van der Waals surface area contributed by atoms with Crippen LogP contribution in [0.2, 0.25) is 0 Å². The molecule has 2 amide bonds. The topological polar surface area (TPSA) is 74.2 Å². The first-order valence-electron chi connectivity index (χ1n) is 8.66. The van der Waals surface area contributed by atoms with Crippen molar-refractivity contribution in [1.82, 2.24) is 15.2 Å². The Morgan fingerprint density at radius 3 is 2.62 bits per heavy atom. The van der Waals surface area contributed by atoms with Gasteiger partial charge >= 0.3 is 12.2 Å². The van der Waals surface area contributed by atoms with Gasteiger partial charge in [0.05, 0.1) is 0 Å². The fraction of sp³-hybridized carbons (Fsp3) is 0.500. The van der Waals surface area contributed by atoms with E-state index in [1.54, 1.807) is 29.2 Å². The Bertz CT molecular complexity index is 787. The van der Waals surface area contributed by atoms with Crippen LogP contribution in [0.4, 0.5) is 18.0 Å². The fourth-order valence-corrected chi connectivity index (χ4v) is 3.33. The molecule has 3 rings (SSSR count). The van der Waals surface area contributed by atoms with Crippen molar-refractivity contribution < 1.29 is 18.0 Å². The molecule has 0 aliphatic carbocycles. The Hall–Kier alpha value is -2.22. The van der Waals surface area contributed by atoms with E-state index in [9.17, 15) is 18.0 Å². The molecule has 0 bridgehead atoms. The number of alkyl halides is 3. The molecule has 0 spiro atoms. The number of rotatable bonds is 3. The van der Waals surface area contributed by atoms with Gasteiger partial charge in [-0.25, -0.2) is 4.79 Å². The van der Waals surface area contributed by atoms with Crippen molar-refractivity contribution in [1.29, 1.82) is 0 Å². The van der Waals surface area contributed by atoms with Gasteiger partial charge in [-0.05, 0) is 37.8 Å². The van der Waals surface area contributed by atoms with Gasteiger partial charge in [-0.2, -0.15) is 13.2 Å². The minimum atomic E-state index is -4.46. The predicted molar refractivity (Wildman–Crippen MR) is 93.8 cm³/mol. The number of nitrogens with one attached hydrogen (secondary N) is 2. The third-order valence-electron chi connectivity index (χ3n) is 4.94. The van der Waals surface area contributed by atoms with Gasteiger partial charge in [-0.1, -0.05) is 18.2 Å². The molecule has 26 heavy (non-hydrogen) atoms. The van der Waals surface area contributed by atoms with Gasteiger partial charge in [-0.3, -0.25) is 0 Å². The van der Waals surface area contributed by atoms with Crippen LogP contribution in [-0.2, 0) is 12.6 Å². The second-order valence-corrected chi connectivity index (χ2v) is 7.14. The van der Waals surface area contributed by atoms with Crippen molar-refractivity contribution in [2.45, 2.75) is 37.9 Å². The SMILES string of the molecule is CC1(N)CCN(C(=O)NCCc2c(C(F)(F)F)[nH]c3ccccc23)CC1. The summed E-state index contributed by atoms with van der Waals surface area (Å²) in [6.07, 6.45) is -2.94. The van der Waals surface area contributed by atoms with Gasteiger partial charge in [0, 0.05) is 36.1 Å². The maximum atomic E-state index is 13.3. The summed E-state index contributed by atoms with van der Waals surface area (Å²) in [5.74, 6) is 0. The first-order valence-corrected chi connectivity index (χ1v) is 8.66. The van der Waals surface area contributed by atoms with Crippen LogP contribution in [0, 0.1) is 0 Å². The maximum absolute atomic E-state index is 13.3. The largest absolute Gasteiger partial charge is 0.431 e. The third kappa shape index (κ3) is 3.95. The molecule has 8 heteroatoms. The minimum absolute atomic E-state index is 0.104. The van der Waals surface area contributed by atoms with E-state index in [1.165, 1.54) is 0 Å². The number of nitrogens with two attached hydrogens (primary N) is 1. The number of aromatic amines is 1. The quantitative estimate of drug-likeness (QED) is 0.778. The lowest BCUT2D eigenvalue weighted by atomic mass is 9.91. The average molecular weight is 368 g/mol. The molecule has 4 N–H and O–H groups in total. The molecule has 2 aromatic rings. The number of piperidine rings is 1. The lowest BCUT2D eigenvalue weighted by Crippen LogP contribution is -2.52. The van der Waals surface area contributed by atoms with Gasteiger partial charge in [0.25, 0.3) is 0 Å². The molecule has 0 unspecified atom stereocenters. The van der Waals surface area contributed by atoms with E-state index in [2.05, 4.69) is 10.3 Å². The lowest BCUT2D eigenvalue weighted by Gasteiger charge is -2.36. The summed E-state index contributed by atoms with van der Waals surface area (Å²) >= 11 is 0. The van der Waals surface area contributed by atoms with Crippen molar-refractivity contribution >= 4 is 16.9 Å². The predicted octanol–water partition coefficient (Wildman–Crippen LogP) is 3.25. The number of para-hydroxylation sites is 1. The highest BCUT2D eigenvalue weighted by molar-refractivity contribution is 5.85. The Balaban J connectivity index is 1.66. The standard InChI is InChI=1S/C18H23F3N4O/c1-17(22)7-10-25(11-8-17)16(26)23-9-6-13-12-4-2-3-5-14(12)24-15(13)18(19,20)21/h2-5,24H,6-11,22H2,1H3,(H,23,26). The van der Waals surface area contributed by atoms with Crippen LogP contribution in [0.3, 0.4) is 0 Å². The first kappa shape index (κ1) is 18.6. The normalized spacial score (nSPS) is 17.5. The zero-order valence-electron chi connectivity index (χ0n) is 14.6. The number of urea groups is 1. The maximum Gasteiger partial charge on any atom is 0.431 e. The highest BCUT2D eigenvalue weighted by Crippen LogP contribution is 2.35. The number of hydrogen-bond acceptors (Lipinski definition) is 2. The molecule has 0 atom stereocenters. The Labute approximate surface area is 149 Å². The smallest absolute Gasteiger partial charge is 0.351 e. The number of halogens is 3. The number of nitrogens with zero attached hydrogens (tertiary/aromatic N) is 1. The van der Waals surface area contributed by atoms with Crippen LogP contribution >= 0.6 is 0 Å². The molecule has 0 radical (unpaired) electrons. The van der Waals surface area contributed by atoms with Gasteiger partial charge in [-0.15, -0.1) is 0 Å². The molecular weight excluding hydrogens is 345 g/mol. The van der Waals surface area contributed by atoms with Gasteiger partial charge < -0.3 is 20.9 Å². The van der Waals surface area contributed by atoms with Crippen LogP contribution in [0.1, 0.15) is 31.0 Å². The van der Waals surface area contributed by atoms with Crippen molar-refractivity contribution in [2.75, 3.05) is 19.6 Å². The van der Waals surface area contributed by atoms with Crippen molar-refractivity contribution in [3.05, 3.63) is 35.5 Å². The van der Waals surface area contributed by atoms with Crippen LogP contribution < -0.4 is 11.1 Å². The molecule has 142 valence electrons. The van der Waals surface area contributed by atoms with E-state index >= 15 is 0 Å². The Kier molecular flexibility index (Phi) is 4.88. The van der Waals surface area contributed by atoms with E-state index in [4.69, 9.17) is 5.73 Å². The molecular formula is C18H23F3N4O.